The Morgan fingerprint density at radius 3 is 2.67 bits per heavy atom. The summed E-state index contributed by atoms with van der Waals surface area (Å²) in [5.41, 5.74) is 7.51. The topological polar surface area (TPSA) is 60.0 Å². The predicted molar refractivity (Wildman–Crippen MR) is 74.3 cm³/mol. The monoisotopic (exact) mass is 245 g/mol. The molecule has 2 rings (SSSR count). The molecule has 0 fully saturated rings. The number of hydrogen-bond donors (Lipinski definition) is 2. The minimum absolute atomic E-state index is 0.0272. The second-order valence-electron chi connectivity index (χ2n) is 4.88. The van der Waals surface area contributed by atoms with E-state index in [1.165, 1.54) is 0 Å². The van der Waals surface area contributed by atoms with E-state index >= 15 is 0 Å². The van der Waals surface area contributed by atoms with Gasteiger partial charge in [-0.15, -0.1) is 0 Å². The van der Waals surface area contributed by atoms with E-state index in [9.17, 15) is 4.79 Å². The zero-order valence-electron chi connectivity index (χ0n) is 11.0. The van der Waals surface area contributed by atoms with Crippen molar-refractivity contribution in [2.75, 3.05) is 5.73 Å². The molecule has 3 N–H and O–H groups in total. The first-order valence-corrected chi connectivity index (χ1v) is 6.15. The maximum absolute atomic E-state index is 12.0. The summed E-state index contributed by atoms with van der Waals surface area (Å²) in [4.78, 5) is 12.0. The molecule has 96 valence electrons. The Bertz CT molecular complexity index is 571. The van der Waals surface area contributed by atoms with E-state index in [-0.39, 0.29) is 18.0 Å². The first-order chi connectivity index (χ1) is 8.49. The molecule has 4 nitrogen and oxygen atoms in total. The van der Waals surface area contributed by atoms with Crippen molar-refractivity contribution in [3.8, 4) is 0 Å². The Hall–Kier alpha value is -1.97. The molecule has 1 heterocycles. The van der Waals surface area contributed by atoms with Crippen molar-refractivity contribution < 1.29 is 4.79 Å². The van der Waals surface area contributed by atoms with Crippen LogP contribution in [0.25, 0.3) is 10.9 Å². The Kier molecular flexibility index (Phi) is 3.28. The number of nitrogen functional groups attached to an aromatic ring is 1. The smallest absolute Gasteiger partial charge is 0.242 e. The first kappa shape index (κ1) is 12.5. The third kappa shape index (κ3) is 2.32. The SMILES string of the molecule is CC(C)NC(=O)C(C)n1ccc2cc(N)ccc21. The lowest BCUT2D eigenvalue weighted by Crippen LogP contribution is -2.35. The number of nitrogens with two attached hydrogens (primary N) is 1. The van der Waals surface area contributed by atoms with Crippen molar-refractivity contribution in [1.82, 2.24) is 9.88 Å². The molecule has 0 aliphatic carbocycles. The number of hydrogen-bond acceptors (Lipinski definition) is 2. The predicted octanol–water partition coefficient (Wildman–Crippen LogP) is 2.31. The highest BCUT2D eigenvalue weighted by atomic mass is 16.2. The molecule has 0 aliphatic heterocycles. The maximum atomic E-state index is 12.0. The van der Waals surface area contributed by atoms with E-state index < -0.39 is 0 Å². The van der Waals surface area contributed by atoms with Crippen LogP contribution in [-0.4, -0.2) is 16.5 Å². The highest BCUT2D eigenvalue weighted by Gasteiger charge is 2.16. The summed E-state index contributed by atoms with van der Waals surface area (Å²) in [6, 6.07) is 7.62. The zero-order valence-corrected chi connectivity index (χ0v) is 11.0. The van der Waals surface area contributed by atoms with E-state index in [0.29, 0.717) is 0 Å². The second kappa shape index (κ2) is 4.72. The summed E-state index contributed by atoms with van der Waals surface area (Å²) in [6.45, 7) is 5.81. The third-order valence-corrected chi connectivity index (χ3v) is 2.97. The number of carbonyl (C=O) groups excluding carboxylic acids is 1. The van der Waals surface area contributed by atoms with Gasteiger partial charge >= 0.3 is 0 Å². The lowest BCUT2D eigenvalue weighted by Gasteiger charge is -2.17. The molecule has 0 saturated heterocycles. The fraction of sp³-hybridized carbons (Fsp3) is 0.357. The molecule has 1 unspecified atom stereocenters. The summed E-state index contributed by atoms with van der Waals surface area (Å²) in [6.07, 6.45) is 1.93. The molecular weight excluding hydrogens is 226 g/mol. The van der Waals surface area contributed by atoms with Gasteiger partial charge in [0.2, 0.25) is 5.91 Å². The molecule has 1 aromatic carbocycles. The van der Waals surface area contributed by atoms with Crippen LogP contribution in [-0.2, 0) is 4.79 Å². The van der Waals surface area contributed by atoms with Gasteiger partial charge in [-0.2, -0.15) is 0 Å². The standard InChI is InChI=1S/C14H19N3O/c1-9(2)16-14(18)10(3)17-7-6-11-8-12(15)4-5-13(11)17/h4-10H,15H2,1-3H3,(H,16,18). The number of anilines is 1. The minimum Gasteiger partial charge on any atom is -0.399 e. The van der Waals surface area contributed by atoms with Gasteiger partial charge in [0.05, 0.1) is 0 Å². The fourth-order valence-electron chi connectivity index (χ4n) is 2.05. The largest absolute Gasteiger partial charge is 0.399 e. The Morgan fingerprint density at radius 1 is 1.28 bits per heavy atom. The van der Waals surface area contributed by atoms with Crippen LogP contribution in [0.3, 0.4) is 0 Å². The van der Waals surface area contributed by atoms with Gasteiger partial charge in [-0.1, -0.05) is 0 Å². The number of rotatable bonds is 3. The summed E-state index contributed by atoms with van der Waals surface area (Å²) in [5.74, 6) is 0.0272. The summed E-state index contributed by atoms with van der Waals surface area (Å²) < 4.78 is 1.96. The van der Waals surface area contributed by atoms with E-state index in [4.69, 9.17) is 5.73 Å². The molecular formula is C14H19N3O. The number of fused-ring (bicyclic) bond motifs is 1. The first-order valence-electron chi connectivity index (χ1n) is 6.15. The number of amides is 1. The molecule has 0 spiro atoms. The molecule has 1 amide bonds. The highest BCUT2D eigenvalue weighted by Crippen LogP contribution is 2.22. The Labute approximate surface area is 107 Å². The van der Waals surface area contributed by atoms with Crippen molar-refractivity contribution in [3.63, 3.8) is 0 Å². The van der Waals surface area contributed by atoms with Crippen LogP contribution in [0.1, 0.15) is 26.8 Å². The van der Waals surface area contributed by atoms with Crippen molar-refractivity contribution in [2.24, 2.45) is 0 Å². The number of aromatic nitrogens is 1. The van der Waals surface area contributed by atoms with Crippen molar-refractivity contribution in [2.45, 2.75) is 32.9 Å². The number of nitrogens with zero attached hydrogens (tertiary/aromatic N) is 1. The van der Waals surface area contributed by atoms with Gasteiger partial charge in [-0.05, 0) is 45.0 Å². The molecule has 0 aliphatic rings. The zero-order chi connectivity index (χ0) is 13.3. The van der Waals surface area contributed by atoms with E-state index in [1.807, 2.05) is 55.8 Å². The molecule has 18 heavy (non-hydrogen) atoms. The van der Waals surface area contributed by atoms with Gasteiger partial charge < -0.3 is 15.6 Å². The maximum Gasteiger partial charge on any atom is 0.242 e. The molecule has 0 radical (unpaired) electrons. The van der Waals surface area contributed by atoms with Gasteiger partial charge in [-0.3, -0.25) is 4.79 Å². The third-order valence-electron chi connectivity index (χ3n) is 2.97. The van der Waals surface area contributed by atoms with Crippen molar-refractivity contribution >= 4 is 22.5 Å². The van der Waals surface area contributed by atoms with Crippen LogP contribution in [0, 0.1) is 0 Å². The van der Waals surface area contributed by atoms with E-state index in [2.05, 4.69) is 5.32 Å². The molecule has 2 aromatic rings. The summed E-state index contributed by atoms with van der Waals surface area (Å²) >= 11 is 0. The van der Waals surface area contributed by atoms with Gasteiger partial charge in [0.25, 0.3) is 0 Å². The van der Waals surface area contributed by atoms with Crippen LogP contribution in [0.2, 0.25) is 0 Å². The second-order valence-corrected chi connectivity index (χ2v) is 4.88. The van der Waals surface area contributed by atoms with Gasteiger partial charge in [0.1, 0.15) is 6.04 Å². The van der Waals surface area contributed by atoms with Gasteiger partial charge in [0, 0.05) is 28.8 Å². The average Bonchev–Trinajstić information content (AvgIpc) is 2.69. The molecule has 1 atom stereocenters. The quantitative estimate of drug-likeness (QED) is 0.815. The van der Waals surface area contributed by atoms with Crippen molar-refractivity contribution in [1.29, 1.82) is 0 Å². The Balaban J connectivity index is 2.33. The van der Waals surface area contributed by atoms with Crippen LogP contribution in [0.15, 0.2) is 30.5 Å². The number of carbonyl (C=O) groups is 1. The number of benzene rings is 1. The summed E-state index contributed by atoms with van der Waals surface area (Å²) in [5, 5.41) is 3.98. The molecule has 0 saturated carbocycles. The van der Waals surface area contributed by atoms with Crippen LogP contribution in [0.5, 0.6) is 0 Å². The minimum atomic E-state index is -0.228. The molecule has 4 heteroatoms. The van der Waals surface area contributed by atoms with E-state index in [1.54, 1.807) is 0 Å². The lowest BCUT2D eigenvalue weighted by atomic mass is 10.2. The highest BCUT2D eigenvalue weighted by molar-refractivity contribution is 5.87. The van der Waals surface area contributed by atoms with E-state index in [0.717, 1.165) is 16.6 Å². The fourth-order valence-corrected chi connectivity index (χ4v) is 2.05. The van der Waals surface area contributed by atoms with Gasteiger partial charge in [0.15, 0.2) is 0 Å². The van der Waals surface area contributed by atoms with Crippen LogP contribution in [0.4, 0.5) is 5.69 Å². The molecule has 0 bridgehead atoms. The van der Waals surface area contributed by atoms with Gasteiger partial charge in [-0.25, -0.2) is 0 Å². The normalized spacial score (nSPS) is 12.9. The lowest BCUT2D eigenvalue weighted by molar-refractivity contribution is -0.124. The Morgan fingerprint density at radius 2 is 2.00 bits per heavy atom. The van der Waals surface area contributed by atoms with Crippen LogP contribution < -0.4 is 11.1 Å². The molecule has 1 aromatic heterocycles. The summed E-state index contributed by atoms with van der Waals surface area (Å²) in [7, 11) is 0. The number of nitrogens with one attached hydrogen (secondary N) is 1. The van der Waals surface area contributed by atoms with Crippen LogP contribution >= 0.6 is 0 Å². The van der Waals surface area contributed by atoms with Crippen molar-refractivity contribution in [3.05, 3.63) is 30.5 Å². The average molecular weight is 245 g/mol.